The van der Waals surface area contributed by atoms with E-state index in [9.17, 15) is 19.5 Å². The second-order valence-electron chi connectivity index (χ2n) is 11.4. The molecular weight excluding hydrogens is 538 g/mol. The molecule has 1 fully saturated rings. The molecule has 3 aromatic carbocycles. The fourth-order valence-electron chi connectivity index (χ4n) is 4.88. The van der Waals surface area contributed by atoms with Crippen LogP contribution in [-0.4, -0.2) is 57.6 Å². The summed E-state index contributed by atoms with van der Waals surface area (Å²) in [6.07, 6.45) is 4.10. The molecule has 3 amide bonds. The molecule has 0 spiro atoms. The first kappa shape index (κ1) is 30.2. The Hall–Kier alpha value is -3.72. The van der Waals surface area contributed by atoms with E-state index < -0.39 is 23.8 Å². The Morgan fingerprint density at radius 1 is 1.02 bits per heavy atom. The standard InChI is InChI=1S/C32H39N3O5S/c1-32(2,3)40-31(39)34-27(18-19-41-4)30(38)35(25-10-7-11-25)28(22-13-16-26(36)17-14-22)29(37)33-24-15-12-21-8-5-6-9-23(21)20-24/h5-6,8-9,12-17,20,25,27-28,36H,7,10-11,18-19H2,1-4H3,(H,33,37)(H,34,39). The highest BCUT2D eigenvalue weighted by atomic mass is 32.2. The summed E-state index contributed by atoms with van der Waals surface area (Å²) >= 11 is 1.57. The largest absolute Gasteiger partial charge is 0.508 e. The van der Waals surface area contributed by atoms with Gasteiger partial charge in [-0.1, -0.05) is 42.5 Å². The Bertz CT molecular complexity index is 1370. The minimum atomic E-state index is -0.975. The van der Waals surface area contributed by atoms with Crippen LogP contribution in [0.5, 0.6) is 5.75 Å². The second kappa shape index (κ2) is 13.3. The highest BCUT2D eigenvalue weighted by Crippen LogP contribution is 2.35. The number of nitrogens with zero attached hydrogens (tertiary/aromatic N) is 1. The quantitative estimate of drug-likeness (QED) is 0.263. The summed E-state index contributed by atoms with van der Waals surface area (Å²) < 4.78 is 5.46. The number of ether oxygens (including phenoxy) is 1. The smallest absolute Gasteiger partial charge is 0.408 e. The Balaban J connectivity index is 1.69. The van der Waals surface area contributed by atoms with E-state index in [1.807, 2.05) is 48.7 Å². The summed E-state index contributed by atoms with van der Waals surface area (Å²) in [6, 6.07) is 17.9. The molecule has 3 aromatic rings. The van der Waals surface area contributed by atoms with Crippen LogP contribution in [0, 0.1) is 0 Å². The van der Waals surface area contributed by atoms with Crippen molar-refractivity contribution in [3.05, 3.63) is 72.3 Å². The number of phenols is 1. The Morgan fingerprint density at radius 2 is 1.71 bits per heavy atom. The fourth-order valence-corrected chi connectivity index (χ4v) is 5.35. The molecule has 0 heterocycles. The van der Waals surface area contributed by atoms with Crippen LogP contribution >= 0.6 is 11.8 Å². The lowest BCUT2D eigenvalue weighted by Gasteiger charge is -2.43. The van der Waals surface area contributed by atoms with E-state index in [0.29, 0.717) is 23.4 Å². The number of carbonyl (C=O) groups excluding carboxylic acids is 3. The molecule has 0 aromatic heterocycles. The van der Waals surface area contributed by atoms with Gasteiger partial charge in [-0.15, -0.1) is 0 Å². The van der Waals surface area contributed by atoms with E-state index in [0.717, 1.165) is 30.0 Å². The lowest BCUT2D eigenvalue weighted by Crippen LogP contribution is -2.57. The predicted molar refractivity (Wildman–Crippen MR) is 164 cm³/mol. The van der Waals surface area contributed by atoms with Gasteiger partial charge in [-0.05, 0) is 99.1 Å². The molecular formula is C32H39N3O5S. The van der Waals surface area contributed by atoms with Crippen LogP contribution in [0.2, 0.25) is 0 Å². The van der Waals surface area contributed by atoms with E-state index in [-0.39, 0.29) is 23.6 Å². The molecule has 3 N–H and O–H groups in total. The molecule has 1 aliphatic carbocycles. The maximum Gasteiger partial charge on any atom is 0.408 e. The molecule has 4 rings (SSSR count). The maximum atomic E-state index is 14.3. The van der Waals surface area contributed by atoms with Gasteiger partial charge in [0.05, 0.1) is 0 Å². The van der Waals surface area contributed by atoms with Crippen molar-refractivity contribution in [3.63, 3.8) is 0 Å². The minimum Gasteiger partial charge on any atom is -0.508 e. The van der Waals surface area contributed by atoms with E-state index in [1.165, 1.54) is 12.1 Å². The number of hydrogen-bond acceptors (Lipinski definition) is 6. The molecule has 0 aliphatic heterocycles. The molecule has 0 saturated heterocycles. The van der Waals surface area contributed by atoms with E-state index in [2.05, 4.69) is 10.6 Å². The highest BCUT2D eigenvalue weighted by Gasteiger charge is 2.42. The van der Waals surface area contributed by atoms with Gasteiger partial charge in [0.2, 0.25) is 5.91 Å². The molecule has 218 valence electrons. The molecule has 9 heteroatoms. The van der Waals surface area contributed by atoms with Crippen molar-refractivity contribution in [1.29, 1.82) is 0 Å². The fraction of sp³-hybridized carbons (Fsp3) is 0.406. The van der Waals surface area contributed by atoms with Gasteiger partial charge in [-0.3, -0.25) is 9.59 Å². The summed E-state index contributed by atoms with van der Waals surface area (Å²) in [5.74, 6) is -0.000398. The van der Waals surface area contributed by atoms with Gasteiger partial charge >= 0.3 is 6.09 Å². The topological polar surface area (TPSA) is 108 Å². The Morgan fingerprint density at radius 3 is 2.32 bits per heavy atom. The summed E-state index contributed by atoms with van der Waals surface area (Å²) in [6.45, 7) is 5.30. The summed E-state index contributed by atoms with van der Waals surface area (Å²) in [4.78, 5) is 42.8. The number of hydrogen-bond donors (Lipinski definition) is 3. The van der Waals surface area contributed by atoms with E-state index >= 15 is 0 Å². The first-order valence-corrected chi connectivity index (χ1v) is 15.3. The van der Waals surface area contributed by atoms with Crippen molar-refractivity contribution in [2.75, 3.05) is 17.3 Å². The molecule has 0 radical (unpaired) electrons. The average Bonchev–Trinajstić information content (AvgIpc) is 2.89. The van der Waals surface area contributed by atoms with Crippen LogP contribution in [0.4, 0.5) is 10.5 Å². The normalized spacial score (nSPS) is 14.9. The lowest BCUT2D eigenvalue weighted by atomic mass is 9.88. The summed E-state index contributed by atoms with van der Waals surface area (Å²) in [5, 5.41) is 17.8. The number of alkyl carbamates (subject to hydrolysis) is 1. The van der Waals surface area contributed by atoms with Crippen molar-refractivity contribution in [2.45, 2.75) is 70.2 Å². The minimum absolute atomic E-state index is 0.0633. The summed E-state index contributed by atoms with van der Waals surface area (Å²) in [5.41, 5.74) is 0.464. The maximum absolute atomic E-state index is 14.3. The predicted octanol–water partition coefficient (Wildman–Crippen LogP) is 6.25. The second-order valence-corrected chi connectivity index (χ2v) is 12.3. The zero-order valence-corrected chi connectivity index (χ0v) is 24.9. The molecule has 41 heavy (non-hydrogen) atoms. The first-order valence-electron chi connectivity index (χ1n) is 13.9. The van der Waals surface area contributed by atoms with Crippen LogP contribution < -0.4 is 10.6 Å². The number of benzene rings is 3. The average molecular weight is 578 g/mol. The van der Waals surface area contributed by atoms with Crippen molar-refractivity contribution in [1.82, 2.24) is 10.2 Å². The van der Waals surface area contributed by atoms with Gasteiger partial charge in [-0.25, -0.2) is 4.79 Å². The van der Waals surface area contributed by atoms with Crippen molar-refractivity contribution in [2.24, 2.45) is 0 Å². The van der Waals surface area contributed by atoms with Gasteiger partial charge in [0.1, 0.15) is 23.4 Å². The summed E-state index contributed by atoms with van der Waals surface area (Å²) in [7, 11) is 0. The molecule has 2 unspecified atom stereocenters. The van der Waals surface area contributed by atoms with Crippen molar-refractivity contribution >= 4 is 46.1 Å². The Labute approximate surface area is 245 Å². The molecule has 1 saturated carbocycles. The SMILES string of the molecule is CSCCC(NC(=O)OC(C)(C)C)C(=O)N(C1CCC1)C(C(=O)Nc1ccc2ccccc2c1)c1ccc(O)cc1. The van der Waals surface area contributed by atoms with Crippen LogP contribution in [0.3, 0.4) is 0 Å². The van der Waals surface area contributed by atoms with Crippen LogP contribution in [0.25, 0.3) is 10.8 Å². The third-order valence-corrected chi connectivity index (χ3v) is 7.72. The first-order chi connectivity index (χ1) is 19.6. The number of carbonyl (C=O) groups is 3. The third kappa shape index (κ3) is 7.94. The zero-order chi connectivity index (χ0) is 29.6. The number of aromatic hydroxyl groups is 1. The van der Waals surface area contributed by atoms with Crippen LogP contribution in [0.1, 0.15) is 58.1 Å². The lowest BCUT2D eigenvalue weighted by molar-refractivity contribution is -0.145. The van der Waals surface area contributed by atoms with Crippen molar-refractivity contribution < 1.29 is 24.2 Å². The van der Waals surface area contributed by atoms with Gasteiger partial charge in [-0.2, -0.15) is 11.8 Å². The molecule has 8 nitrogen and oxygen atoms in total. The molecule has 2 atom stereocenters. The number of rotatable bonds is 10. The van der Waals surface area contributed by atoms with Crippen molar-refractivity contribution in [3.8, 4) is 5.75 Å². The number of thioether (sulfide) groups is 1. The monoisotopic (exact) mass is 577 g/mol. The van der Waals surface area contributed by atoms with E-state index in [1.54, 1.807) is 49.6 Å². The number of fused-ring (bicyclic) bond motifs is 1. The van der Waals surface area contributed by atoms with Crippen LogP contribution in [-0.2, 0) is 14.3 Å². The molecule has 0 bridgehead atoms. The Kier molecular flexibility index (Phi) is 9.81. The highest BCUT2D eigenvalue weighted by molar-refractivity contribution is 7.98. The van der Waals surface area contributed by atoms with Gasteiger partial charge in [0, 0.05) is 11.7 Å². The number of amides is 3. The van der Waals surface area contributed by atoms with Crippen LogP contribution in [0.15, 0.2) is 66.7 Å². The number of anilines is 1. The van der Waals surface area contributed by atoms with Gasteiger partial charge < -0.3 is 25.4 Å². The van der Waals surface area contributed by atoms with E-state index in [4.69, 9.17) is 4.74 Å². The van der Waals surface area contributed by atoms with Gasteiger partial charge in [0.15, 0.2) is 0 Å². The number of nitrogens with one attached hydrogen (secondary N) is 2. The number of phenolic OH excluding ortho intramolecular Hbond substituents is 1. The third-order valence-electron chi connectivity index (χ3n) is 7.07. The van der Waals surface area contributed by atoms with Gasteiger partial charge in [0.25, 0.3) is 5.91 Å². The zero-order valence-electron chi connectivity index (χ0n) is 24.1. The molecule has 1 aliphatic rings.